The Bertz CT molecular complexity index is 699. The lowest BCUT2D eigenvalue weighted by Gasteiger charge is -2.11. The molecule has 0 radical (unpaired) electrons. The number of amides is 1. The highest BCUT2D eigenvalue weighted by atomic mass is 35.5. The van der Waals surface area contributed by atoms with Gasteiger partial charge in [-0.3, -0.25) is 4.79 Å². The van der Waals surface area contributed by atoms with E-state index in [4.69, 9.17) is 21.1 Å². The quantitative estimate of drug-likeness (QED) is 0.874. The maximum atomic E-state index is 11.9. The van der Waals surface area contributed by atoms with E-state index in [0.29, 0.717) is 22.3 Å². The molecule has 0 atom stereocenters. The summed E-state index contributed by atoms with van der Waals surface area (Å²) in [6.07, 6.45) is 5.34. The van der Waals surface area contributed by atoms with Crippen LogP contribution >= 0.6 is 11.6 Å². The van der Waals surface area contributed by atoms with E-state index in [0.717, 1.165) is 5.56 Å². The monoisotopic (exact) mass is 332 g/mol. The molecule has 0 saturated carbocycles. The van der Waals surface area contributed by atoms with Crippen LogP contribution in [0.3, 0.4) is 0 Å². The lowest BCUT2D eigenvalue weighted by molar-refractivity contribution is -0.118. The van der Waals surface area contributed by atoms with Gasteiger partial charge in [-0.1, -0.05) is 29.8 Å². The molecule has 0 aliphatic carbocycles. The zero-order chi connectivity index (χ0) is 16.7. The number of benzene rings is 1. The Morgan fingerprint density at radius 3 is 2.78 bits per heavy atom. The van der Waals surface area contributed by atoms with Gasteiger partial charge in [-0.2, -0.15) is 0 Å². The maximum absolute atomic E-state index is 11.9. The highest BCUT2D eigenvalue weighted by molar-refractivity contribution is 6.30. The van der Waals surface area contributed by atoms with Gasteiger partial charge in [-0.15, -0.1) is 0 Å². The molecule has 1 aromatic carbocycles. The highest BCUT2D eigenvalue weighted by Crippen LogP contribution is 2.28. The van der Waals surface area contributed by atoms with E-state index in [-0.39, 0.29) is 12.5 Å². The molecule has 0 bridgehead atoms. The van der Waals surface area contributed by atoms with E-state index < -0.39 is 0 Å². The molecule has 5 nitrogen and oxygen atoms in total. The number of hydrogen-bond donors (Lipinski definition) is 1. The van der Waals surface area contributed by atoms with Crippen molar-refractivity contribution in [2.24, 2.45) is 0 Å². The Labute approximate surface area is 139 Å². The van der Waals surface area contributed by atoms with E-state index in [1.807, 2.05) is 31.2 Å². The number of ether oxygens (including phenoxy) is 2. The summed E-state index contributed by atoms with van der Waals surface area (Å²) in [7, 11) is 1.55. The van der Waals surface area contributed by atoms with E-state index in [2.05, 4.69) is 10.3 Å². The molecule has 0 aliphatic heterocycles. The van der Waals surface area contributed by atoms with Crippen LogP contribution in [0, 0.1) is 0 Å². The predicted molar refractivity (Wildman–Crippen MR) is 91.1 cm³/mol. The first kappa shape index (κ1) is 16.8. The van der Waals surface area contributed by atoms with Crippen LogP contribution < -0.4 is 14.8 Å². The van der Waals surface area contributed by atoms with Crippen LogP contribution in [-0.4, -0.2) is 24.6 Å². The first-order valence-electron chi connectivity index (χ1n) is 6.97. The largest absolute Gasteiger partial charge is 0.493 e. The molecule has 6 heteroatoms. The van der Waals surface area contributed by atoms with E-state index in [1.54, 1.807) is 25.3 Å². The third kappa shape index (κ3) is 5.00. The normalized spacial score (nSPS) is 10.6. The summed E-state index contributed by atoms with van der Waals surface area (Å²) >= 11 is 5.74. The Morgan fingerprint density at radius 1 is 1.30 bits per heavy atom. The number of allylic oxidation sites excluding steroid dienone is 1. The van der Waals surface area contributed by atoms with Gasteiger partial charge in [-0.25, -0.2) is 4.98 Å². The van der Waals surface area contributed by atoms with Gasteiger partial charge in [0, 0.05) is 6.20 Å². The molecule has 1 aromatic heterocycles. The van der Waals surface area contributed by atoms with Crippen molar-refractivity contribution in [1.82, 2.24) is 4.98 Å². The second-order valence-electron chi connectivity index (χ2n) is 4.61. The Hall–Kier alpha value is -2.53. The average molecular weight is 333 g/mol. The fraction of sp³-hybridized carbons (Fsp3) is 0.176. The number of rotatable bonds is 6. The Kier molecular flexibility index (Phi) is 6.00. The third-order valence-corrected chi connectivity index (χ3v) is 3.12. The summed E-state index contributed by atoms with van der Waals surface area (Å²) in [6, 6.07) is 8.76. The van der Waals surface area contributed by atoms with Crippen molar-refractivity contribution >= 4 is 29.4 Å². The molecule has 23 heavy (non-hydrogen) atoms. The van der Waals surface area contributed by atoms with Gasteiger partial charge >= 0.3 is 0 Å². The van der Waals surface area contributed by atoms with Crippen LogP contribution in [0.5, 0.6) is 11.5 Å². The molecule has 0 aliphatic rings. The summed E-state index contributed by atoms with van der Waals surface area (Å²) in [5.74, 6) is 1.16. The van der Waals surface area contributed by atoms with Gasteiger partial charge in [0.25, 0.3) is 5.91 Å². The van der Waals surface area contributed by atoms with Crippen molar-refractivity contribution in [3.05, 3.63) is 53.2 Å². The zero-order valence-corrected chi connectivity index (χ0v) is 13.6. The van der Waals surface area contributed by atoms with Crippen LogP contribution in [0.4, 0.5) is 5.82 Å². The number of halogens is 1. The maximum Gasteiger partial charge on any atom is 0.263 e. The fourth-order valence-corrected chi connectivity index (χ4v) is 1.98. The van der Waals surface area contributed by atoms with Crippen molar-refractivity contribution in [1.29, 1.82) is 0 Å². The van der Waals surface area contributed by atoms with Crippen LogP contribution in [0.15, 0.2) is 42.6 Å². The minimum atomic E-state index is -0.320. The molecule has 1 N–H and O–H groups in total. The van der Waals surface area contributed by atoms with Gasteiger partial charge in [-0.05, 0) is 36.8 Å². The van der Waals surface area contributed by atoms with Gasteiger partial charge < -0.3 is 14.8 Å². The lowest BCUT2D eigenvalue weighted by Crippen LogP contribution is -2.20. The van der Waals surface area contributed by atoms with Crippen molar-refractivity contribution in [2.75, 3.05) is 19.0 Å². The zero-order valence-electron chi connectivity index (χ0n) is 12.9. The van der Waals surface area contributed by atoms with E-state index in [1.165, 1.54) is 6.20 Å². The van der Waals surface area contributed by atoms with E-state index >= 15 is 0 Å². The second kappa shape index (κ2) is 8.19. The fourth-order valence-electron chi connectivity index (χ4n) is 1.87. The molecule has 1 amide bonds. The minimum Gasteiger partial charge on any atom is -0.493 e. The SMILES string of the molecule is C/C=C/c1ccc(OCC(=O)Nc2ccc(Cl)cn2)c(OC)c1. The first-order valence-corrected chi connectivity index (χ1v) is 7.35. The number of methoxy groups -OCH3 is 1. The van der Waals surface area contributed by atoms with Gasteiger partial charge in [0.05, 0.1) is 12.1 Å². The lowest BCUT2D eigenvalue weighted by atomic mass is 10.2. The minimum absolute atomic E-state index is 0.149. The highest BCUT2D eigenvalue weighted by Gasteiger charge is 2.09. The van der Waals surface area contributed by atoms with Crippen LogP contribution in [0.2, 0.25) is 5.02 Å². The summed E-state index contributed by atoms with van der Waals surface area (Å²) in [6.45, 7) is 1.79. The number of hydrogen-bond acceptors (Lipinski definition) is 4. The molecule has 120 valence electrons. The molecule has 2 aromatic rings. The molecular weight excluding hydrogens is 316 g/mol. The number of nitrogens with zero attached hydrogens (tertiary/aromatic N) is 1. The van der Waals surface area contributed by atoms with Crippen LogP contribution in [0.25, 0.3) is 6.08 Å². The topological polar surface area (TPSA) is 60.5 Å². The molecule has 1 heterocycles. The van der Waals surface area contributed by atoms with Crippen LogP contribution in [0.1, 0.15) is 12.5 Å². The first-order chi connectivity index (χ1) is 11.1. The van der Waals surface area contributed by atoms with Gasteiger partial charge in [0.2, 0.25) is 0 Å². The van der Waals surface area contributed by atoms with Gasteiger partial charge in [0.15, 0.2) is 18.1 Å². The second-order valence-corrected chi connectivity index (χ2v) is 5.05. The molecule has 0 unspecified atom stereocenters. The number of carbonyl (C=O) groups is 1. The molecule has 0 spiro atoms. The summed E-state index contributed by atoms with van der Waals surface area (Å²) in [4.78, 5) is 15.9. The standard InChI is InChI=1S/C17H17ClN2O3/c1-3-4-12-5-7-14(15(9-12)22-2)23-11-17(21)20-16-8-6-13(18)10-19-16/h3-10H,11H2,1-2H3,(H,19,20,21)/b4-3+. The Morgan fingerprint density at radius 2 is 2.13 bits per heavy atom. The third-order valence-electron chi connectivity index (χ3n) is 2.90. The molecule has 2 rings (SSSR count). The number of pyridine rings is 1. The van der Waals surface area contributed by atoms with Crippen molar-refractivity contribution < 1.29 is 14.3 Å². The Balaban J connectivity index is 1.97. The summed E-state index contributed by atoms with van der Waals surface area (Å²) in [5.41, 5.74) is 0.992. The van der Waals surface area contributed by atoms with E-state index in [9.17, 15) is 4.79 Å². The molecular formula is C17H17ClN2O3. The van der Waals surface area contributed by atoms with Crippen molar-refractivity contribution in [3.8, 4) is 11.5 Å². The smallest absolute Gasteiger partial charge is 0.263 e. The van der Waals surface area contributed by atoms with Crippen molar-refractivity contribution in [2.45, 2.75) is 6.92 Å². The predicted octanol–water partition coefficient (Wildman–Crippen LogP) is 3.79. The molecule has 0 saturated heterocycles. The summed E-state index contributed by atoms with van der Waals surface area (Å²) < 4.78 is 10.8. The van der Waals surface area contributed by atoms with Crippen molar-refractivity contribution in [3.63, 3.8) is 0 Å². The number of carbonyl (C=O) groups excluding carboxylic acids is 1. The number of nitrogens with one attached hydrogen (secondary N) is 1. The average Bonchev–Trinajstić information content (AvgIpc) is 2.56. The number of aromatic nitrogens is 1. The number of anilines is 1. The summed E-state index contributed by atoms with van der Waals surface area (Å²) in [5, 5.41) is 3.13. The molecule has 0 fully saturated rings. The van der Waals surface area contributed by atoms with Crippen LogP contribution in [-0.2, 0) is 4.79 Å². The van der Waals surface area contributed by atoms with Gasteiger partial charge in [0.1, 0.15) is 5.82 Å².